The van der Waals surface area contributed by atoms with Gasteiger partial charge in [-0.25, -0.2) is 0 Å². The highest BCUT2D eigenvalue weighted by atomic mass is 16.2. The van der Waals surface area contributed by atoms with Gasteiger partial charge < -0.3 is 10.6 Å². The number of nitrogens with two attached hydrogens (primary N) is 1. The van der Waals surface area contributed by atoms with E-state index in [2.05, 4.69) is 5.10 Å². The van der Waals surface area contributed by atoms with E-state index < -0.39 is 0 Å². The Hall–Kier alpha value is -1.36. The fourth-order valence-corrected chi connectivity index (χ4v) is 1.67. The minimum atomic E-state index is 0.0431. The van der Waals surface area contributed by atoms with Crippen LogP contribution >= 0.6 is 0 Å². The standard InChI is InChI=1S/C11H20N4O/c1-4-15(7-5-6-12)11(16)10-8-14(3)13-9(10)2/h8H,4-7,12H2,1-3H3. The summed E-state index contributed by atoms with van der Waals surface area (Å²) in [6, 6.07) is 0. The maximum atomic E-state index is 12.1. The monoisotopic (exact) mass is 224 g/mol. The number of hydrogen-bond acceptors (Lipinski definition) is 3. The Bertz CT molecular complexity index is 359. The van der Waals surface area contributed by atoms with Crippen LogP contribution in [0.3, 0.4) is 0 Å². The van der Waals surface area contributed by atoms with Crippen molar-refractivity contribution in [2.75, 3.05) is 19.6 Å². The molecule has 0 bridgehead atoms. The van der Waals surface area contributed by atoms with Gasteiger partial charge in [0.05, 0.1) is 11.3 Å². The molecule has 1 rings (SSSR count). The van der Waals surface area contributed by atoms with Gasteiger partial charge in [-0.1, -0.05) is 0 Å². The molecule has 2 N–H and O–H groups in total. The first-order valence-electron chi connectivity index (χ1n) is 5.59. The summed E-state index contributed by atoms with van der Waals surface area (Å²) in [5.41, 5.74) is 6.91. The number of nitrogens with zero attached hydrogens (tertiary/aromatic N) is 3. The molecule has 0 aromatic carbocycles. The maximum Gasteiger partial charge on any atom is 0.257 e. The Balaban J connectivity index is 2.78. The molecule has 5 nitrogen and oxygen atoms in total. The first-order valence-corrected chi connectivity index (χ1v) is 5.59. The van der Waals surface area contributed by atoms with Crippen LogP contribution in [0.4, 0.5) is 0 Å². The van der Waals surface area contributed by atoms with Crippen molar-refractivity contribution >= 4 is 5.91 Å². The summed E-state index contributed by atoms with van der Waals surface area (Å²) < 4.78 is 1.67. The van der Waals surface area contributed by atoms with Crippen LogP contribution in [0.15, 0.2) is 6.20 Å². The summed E-state index contributed by atoms with van der Waals surface area (Å²) in [5.74, 6) is 0.0431. The van der Waals surface area contributed by atoms with Crippen LogP contribution in [0.25, 0.3) is 0 Å². The van der Waals surface area contributed by atoms with Crippen LogP contribution in [-0.2, 0) is 7.05 Å². The average molecular weight is 224 g/mol. The fraction of sp³-hybridized carbons (Fsp3) is 0.636. The molecule has 5 heteroatoms. The molecule has 0 aliphatic rings. The Morgan fingerprint density at radius 2 is 2.31 bits per heavy atom. The smallest absolute Gasteiger partial charge is 0.257 e. The number of rotatable bonds is 5. The molecule has 90 valence electrons. The zero-order valence-corrected chi connectivity index (χ0v) is 10.2. The van der Waals surface area contributed by atoms with Gasteiger partial charge in [0, 0.05) is 26.3 Å². The Morgan fingerprint density at radius 3 is 2.75 bits per heavy atom. The zero-order chi connectivity index (χ0) is 12.1. The summed E-state index contributed by atoms with van der Waals surface area (Å²) in [5, 5.41) is 4.17. The lowest BCUT2D eigenvalue weighted by Crippen LogP contribution is -2.32. The van der Waals surface area contributed by atoms with Crippen LogP contribution in [0.2, 0.25) is 0 Å². The Kier molecular flexibility index (Phi) is 4.49. The second kappa shape index (κ2) is 5.65. The fourth-order valence-electron chi connectivity index (χ4n) is 1.67. The molecule has 0 aliphatic heterocycles. The van der Waals surface area contributed by atoms with Gasteiger partial charge in [-0.2, -0.15) is 5.10 Å². The van der Waals surface area contributed by atoms with E-state index in [9.17, 15) is 4.79 Å². The van der Waals surface area contributed by atoms with Crippen molar-refractivity contribution in [3.8, 4) is 0 Å². The molecular weight excluding hydrogens is 204 g/mol. The number of carbonyl (C=O) groups is 1. The summed E-state index contributed by atoms with van der Waals surface area (Å²) >= 11 is 0. The van der Waals surface area contributed by atoms with Gasteiger partial charge in [-0.3, -0.25) is 9.48 Å². The Morgan fingerprint density at radius 1 is 1.62 bits per heavy atom. The van der Waals surface area contributed by atoms with Crippen LogP contribution in [-0.4, -0.2) is 40.2 Å². The third kappa shape index (κ3) is 2.82. The third-order valence-electron chi connectivity index (χ3n) is 2.54. The summed E-state index contributed by atoms with van der Waals surface area (Å²) in [7, 11) is 1.82. The lowest BCUT2D eigenvalue weighted by Gasteiger charge is -2.20. The normalized spacial score (nSPS) is 10.5. The minimum Gasteiger partial charge on any atom is -0.339 e. The molecule has 0 aliphatic carbocycles. The number of hydrogen-bond donors (Lipinski definition) is 1. The van der Waals surface area contributed by atoms with Gasteiger partial charge in [0.15, 0.2) is 0 Å². The van der Waals surface area contributed by atoms with Gasteiger partial charge in [0.25, 0.3) is 5.91 Å². The maximum absolute atomic E-state index is 12.1. The molecule has 1 aromatic heterocycles. The molecule has 1 heterocycles. The van der Waals surface area contributed by atoms with E-state index in [0.717, 1.165) is 12.1 Å². The quantitative estimate of drug-likeness (QED) is 0.794. The first-order chi connectivity index (χ1) is 7.60. The van der Waals surface area contributed by atoms with Crippen LogP contribution in [0.1, 0.15) is 29.4 Å². The van der Waals surface area contributed by atoms with Crippen molar-refractivity contribution in [2.24, 2.45) is 12.8 Å². The highest BCUT2D eigenvalue weighted by molar-refractivity contribution is 5.95. The van der Waals surface area contributed by atoms with E-state index in [-0.39, 0.29) is 5.91 Å². The molecule has 0 fully saturated rings. The van der Waals surface area contributed by atoms with E-state index in [4.69, 9.17) is 5.73 Å². The van der Waals surface area contributed by atoms with E-state index in [1.807, 2.05) is 20.9 Å². The molecule has 0 saturated heterocycles. The largest absolute Gasteiger partial charge is 0.339 e. The van der Waals surface area contributed by atoms with Gasteiger partial charge in [-0.05, 0) is 26.8 Å². The van der Waals surface area contributed by atoms with Gasteiger partial charge in [0.1, 0.15) is 0 Å². The van der Waals surface area contributed by atoms with Crippen LogP contribution in [0, 0.1) is 6.92 Å². The minimum absolute atomic E-state index is 0.0431. The van der Waals surface area contributed by atoms with Crippen molar-refractivity contribution in [3.05, 3.63) is 17.5 Å². The van der Waals surface area contributed by atoms with E-state index in [1.165, 1.54) is 0 Å². The van der Waals surface area contributed by atoms with E-state index in [1.54, 1.807) is 15.8 Å². The highest BCUT2D eigenvalue weighted by Crippen LogP contribution is 2.09. The number of carbonyl (C=O) groups excluding carboxylic acids is 1. The Labute approximate surface area is 96.2 Å². The van der Waals surface area contributed by atoms with E-state index in [0.29, 0.717) is 25.2 Å². The predicted octanol–water partition coefficient (Wildman–Crippen LogP) is 0.539. The lowest BCUT2D eigenvalue weighted by molar-refractivity contribution is 0.0763. The number of aryl methyl sites for hydroxylation is 2. The van der Waals surface area contributed by atoms with Gasteiger partial charge in [-0.15, -0.1) is 0 Å². The number of aromatic nitrogens is 2. The zero-order valence-electron chi connectivity index (χ0n) is 10.2. The molecule has 1 amide bonds. The topological polar surface area (TPSA) is 64.2 Å². The van der Waals surface area contributed by atoms with Crippen LogP contribution < -0.4 is 5.73 Å². The summed E-state index contributed by atoms with van der Waals surface area (Å²) in [6.07, 6.45) is 2.60. The molecule has 1 aromatic rings. The average Bonchev–Trinajstić information content (AvgIpc) is 2.58. The number of amides is 1. The molecule has 0 atom stereocenters. The van der Waals surface area contributed by atoms with Gasteiger partial charge >= 0.3 is 0 Å². The van der Waals surface area contributed by atoms with Crippen molar-refractivity contribution < 1.29 is 4.79 Å². The van der Waals surface area contributed by atoms with Crippen molar-refractivity contribution in [2.45, 2.75) is 20.3 Å². The molecule has 0 radical (unpaired) electrons. The lowest BCUT2D eigenvalue weighted by atomic mass is 10.2. The second-order valence-corrected chi connectivity index (χ2v) is 3.83. The second-order valence-electron chi connectivity index (χ2n) is 3.83. The molecule has 0 spiro atoms. The molecule has 0 unspecified atom stereocenters. The molecule has 16 heavy (non-hydrogen) atoms. The van der Waals surface area contributed by atoms with Crippen molar-refractivity contribution in [3.63, 3.8) is 0 Å². The van der Waals surface area contributed by atoms with Gasteiger partial charge in [0.2, 0.25) is 0 Å². The summed E-state index contributed by atoms with van der Waals surface area (Å²) in [6.45, 7) is 5.84. The third-order valence-corrected chi connectivity index (χ3v) is 2.54. The first kappa shape index (κ1) is 12.7. The molecule has 0 saturated carbocycles. The van der Waals surface area contributed by atoms with Crippen LogP contribution in [0.5, 0.6) is 0 Å². The van der Waals surface area contributed by atoms with Crippen molar-refractivity contribution in [1.82, 2.24) is 14.7 Å². The molecular formula is C11H20N4O. The predicted molar refractivity (Wildman–Crippen MR) is 63.2 cm³/mol. The summed E-state index contributed by atoms with van der Waals surface area (Å²) in [4.78, 5) is 14.0. The highest BCUT2D eigenvalue weighted by Gasteiger charge is 2.17. The van der Waals surface area contributed by atoms with Crippen molar-refractivity contribution in [1.29, 1.82) is 0 Å². The van der Waals surface area contributed by atoms with E-state index >= 15 is 0 Å². The SMILES string of the molecule is CCN(CCCN)C(=O)c1cn(C)nc1C.